The van der Waals surface area contributed by atoms with Crippen molar-refractivity contribution in [3.8, 4) is 0 Å². The fourth-order valence-corrected chi connectivity index (χ4v) is 3.22. The SMILES string of the molecule is CCCCNc1nccc(N2C[C@H]3CCCN[C@H]3C2)n1. The van der Waals surface area contributed by atoms with Crippen LogP contribution in [-0.4, -0.2) is 42.2 Å². The normalized spacial score (nSPS) is 25.6. The van der Waals surface area contributed by atoms with Crippen molar-refractivity contribution in [1.29, 1.82) is 0 Å². The van der Waals surface area contributed by atoms with Gasteiger partial charge in [0.2, 0.25) is 5.95 Å². The van der Waals surface area contributed by atoms with Crippen LogP contribution in [-0.2, 0) is 0 Å². The number of nitrogens with zero attached hydrogens (tertiary/aromatic N) is 3. The first-order chi connectivity index (χ1) is 9.86. The minimum absolute atomic E-state index is 0.648. The van der Waals surface area contributed by atoms with Gasteiger partial charge in [-0.2, -0.15) is 4.98 Å². The number of anilines is 2. The summed E-state index contributed by atoms with van der Waals surface area (Å²) in [7, 11) is 0. The summed E-state index contributed by atoms with van der Waals surface area (Å²) in [5.74, 6) is 2.61. The molecule has 5 heteroatoms. The minimum Gasteiger partial charge on any atom is -0.355 e. The summed E-state index contributed by atoms with van der Waals surface area (Å²) >= 11 is 0. The molecule has 20 heavy (non-hydrogen) atoms. The molecule has 110 valence electrons. The van der Waals surface area contributed by atoms with Gasteiger partial charge in [-0.3, -0.25) is 0 Å². The topological polar surface area (TPSA) is 53.1 Å². The highest BCUT2D eigenvalue weighted by molar-refractivity contribution is 5.44. The average Bonchev–Trinajstić information content (AvgIpc) is 2.92. The summed E-state index contributed by atoms with van der Waals surface area (Å²) in [6.45, 7) is 6.52. The molecule has 1 aromatic heterocycles. The van der Waals surface area contributed by atoms with Crippen molar-refractivity contribution in [2.75, 3.05) is 36.4 Å². The quantitative estimate of drug-likeness (QED) is 0.804. The number of piperidine rings is 1. The van der Waals surface area contributed by atoms with Crippen LogP contribution in [0.5, 0.6) is 0 Å². The van der Waals surface area contributed by atoms with Gasteiger partial charge in [0.05, 0.1) is 0 Å². The molecule has 0 bridgehead atoms. The van der Waals surface area contributed by atoms with E-state index < -0.39 is 0 Å². The largest absolute Gasteiger partial charge is 0.355 e. The van der Waals surface area contributed by atoms with E-state index in [1.54, 1.807) is 0 Å². The standard InChI is InChI=1S/C15H25N5/c1-2-3-7-17-15-18-9-6-14(19-15)20-10-12-5-4-8-16-13(12)11-20/h6,9,12-13,16H,2-5,7-8,10-11H2,1H3,(H,17,18,19)/t12-,13+/m1/s1. The molecule has 2 N–H and O–H groups in total. The third kappa shape index (κ3) is 3.03. The molecule has 0 unspecified atom stereocenters. The zero-order chi connectivity index (χ0) is 13.8. The van der Waals surface area contributed by atoms with E-state index in [-0.39, 0.29) is 0 Å². The molecule has 0 saturated carbocycles. The van der Waals surface area contributed by atoms with Gasteiger partial charge < -0.3 is 15.5 Å². The van der Waals surface area contributed by atoms with E-state index in [0.29, 0.717) is 6.04 Å². The van der Waals surface area contributed by atoms with Crippen LogP contribution in [0.3, 0.4) is 0 Å². The van der Waals surface area contributed by atoms with E-state index in [1.807, 2.05) is 12.3 Å². The molecule has 3 rings (SSSR count). The molecule has 0 radical (unpaired) electrons. The Bertz CT molecular complexity index is 422. The van der Waals surface area contributed by atoms with Crippen LogP contribution in [0.15, 0.2) is 12.3 Å². The Kier molecular flexibility index (Phi) is 4.35. The maximum atomic E-state index is 4.66. The Balaban J connectivity index is 1.63. The molecule has 5 nitrogen and oxygen atoms in total. The van der Waals surface area contributed by atoms with Gasteiger partial charge >= 0.3 is 0 Å². The molecule has 2 fully saturated rings. The number of unbranched alkanes of at least 4 members (excludes halogenated alkanes) is 1. The number of nitrogens with one attached hydrogen (secondary N) is 2. The lowest BCUT2D eigenvalue weighted by molar-refractivity contribution is 0.340. The van der Waals surface area contributed by atoms with Crippen molar-refractivity contribution < 1.29 is 0 Å². The van der Waals surface area contributed by atoms with E-state index in [9.17, 15) is 0 Å². The molecule has 0 aliphatic carbocycles. The molecule has 0 spiro atoms. The highest BCUT2D eigenvalue weighted by Crippen LogP contribution is 2.28. The predicted molar refractivity (Wildman–Crippen MR) is 82.2 cm³/mol. The highest BCUT2D eigenvalue weighted by Gasteiger charge is 2.34. The van der Waals surface area contributed by atoms with Crippen LogP contribution in [0.4, 0.5) is 11.8 Å². The average molecular weight is 275 g/mol. The van der Waals surface area contributed by atoms with Gasteiger partial charge in [-0.1, -0.05) is 13.3 Å². The Morgan fingerprint density at radius 1 is 1.45 bits per heavy atom. The monoisotopic (exact) mass is 275 g/mol. The predicted octanol–water partition coefficient (Wildman–Crippen LogP) is 1.88. The van der Waals surface area contributed by atoms with Gasteiger partial charge in [-0.05, 0) is 37.8 Å². The van der Waals surface area contributed by atoms with Crippen LogP contribution in [0, 0.1) is 5.92 Å². The second kappa shape index (κ2) is 6.39. The first-order valence-corrected chi connectivity index (χ1v) is 7.92. The van der Waals surface area contributed by atoms with Crippen molar-refractivity contribution >= 4 is 11.8 Å². The lowest BCUT2D eigenvalue weighted by Crippen LogP contribution is -2.40. The Hall–Kier alpha value is -1.36. The molecule has 1 aromatic rings. The van der Waals surface area contributed by atoms with Crippen LogP contribution in [0.2, 0.25) is 0 Å². The van der Waals surface area contributed by atoms with Crippen molar-refractivity contribution in [1.82, 2.24) is 15.3 Å². The first kappa shape index (κ1) is 13.6. The molecule has 0 aromatic carbocycles. The first-order valence-electron chi connectivity index (χ1n) is 7.92. The van der Waals surface area contributed by atoms with Gasteiger partial charge in [0.25, 0.3) is 0 Å². The molecular formula is C15H25N5. The van der Waals surface area contributed by atoms with Crippen LogP contribution >= 0.6 is 0 Å². The van der Waals surface area contributed by atoms with Crippen molar-refractivity contribution in [2.45, 2.75) is 38.6 Å². The Morgan fingerprint density at radius 3 is 3.25 bits per heavy atom. The van der Waals surface area contributed by atoms with Crippen molar-refractivity contribution in [3.05, 3.63) is 12.3 Å². The Morgan fingerprint density at radius 2 is 2.40 bits per heavy atom. The molecule has 2 saturated heterocycles. The highest BCUT2D eigenvalue weighted by atomic mass is 15.3. The lowest BCUT2D eigenvalue weighted by atomic mass is 9.94. The van der Waals surface area contributed by atoms with E-state index in [0.717, 1.165) is 43.7 Å². The van der Waals surface area contributed by atoms with Gasteiger partial charge in [-0.25, -0.2) is 4.98 Å². The lowest BCUT2D eigenvalue weighted by Gasteiger charge is -2.24. The maximum absolute atomic E-state index is 4.66. The molecular weight excluding hydrogens is 250 g/mol. The van der Waals surface area contributed by atoms with E-state index in [1.165, 1.54) is 25.8 Å². The number of rotatable bonds is 5. The summed E-state index contributed by atoms with van der Waals surface area (Å²) in [6.07, 6.45) is 6.87. The summed E-state index contributed by atoms with van der Waals surface area (Å²) in [6, 6.07) is 2.68. The van der Waals surface area contributed by atoms with E-state index >= 15 is 0 Å². The van der Waals surface area contributed by atoms with Crippen LogP contribution in [0.25, 0.3) is 0 Å². The Labute approximate surface area is 121 Å². The summed E-state index contributed by atoms with van der Waals surface area (Å²) < 4.78 is 0. The van der Waals surface area contributed by atoms with Gasteiger partial charge in [0.15, 0.2) is 0 Å². The number of hydrogen-bond donors (Lipinski definition) is 2. The van der Waals surface area contributed by atoms with Crippen molar-refractivity contribution in [2.24, 2.45) is 5.92 Å². The third-order valence-electron chi connectivity index (χ3n) is 4.38. The van der Waals surface area contributed by atoms with Crippen LogP contribution in [0.1, 0.15) is 32.6 Å². The zero-order valence-electron chi connectivity index (χ0n) is 12.3. The third-order valence-corrected chi connectivity index (χ3v) is 4.38. The minimum atomic E-state index is 0.648. The molecule has 2 atom stereocenters. The van der Waals surface area contributed by atoms with E-state index in [4.69, 9.17) is 0 Å². The fraction of sp³-hybridized carbons (Fsp3) is 0.733. The molecule has 2 aliphatic heterocycles. The van der Waals surface area contributed by atoms with E-state index in [2.05, 4.69) is 32.4 Å². The molecule has 0 amide bonds. The summed E-state index contributed by atoms with van der Waals surface area (Å²) in [5.41, 5.74) is 0. The number of hydrogen-bond acceptors (Lipinski definition) is 5. The van der Waals surface area contributed by atoms with Gasteiger partial charge in [0.1, 0.15) is 5.82 Å². The van der Waals surface area contributed by atoms with Crippen LogP contribution < -0.4 is 15.5 Å². The second-order valence-corrected chi connectivity index (χ2v) is 5.89. The summed E-state index contributed by atoms with van der Waals surface area (Å²) in [4.78, 5) is 11.4. The van der Waals surface area contributed by atoms with Gasteiger partial charge in [-0.15, -0.1) is 0 Å². The smallest absolute Gasteiger partial charge is 0.224 e. The zero-order valence-corrected chi connectivity index (χ0v) is 12.3. The maximum Gasteiger partial charge on any atom is 0.224 e. The number of aromatic nitrogens is 2. The molecule has 2 aliphatic rings. The summed E-state index contributed by atoms with van der Waals surface area (Å²) in [5, 5.41) is 6.94. The second-order valence-electron chi connectivity index (χ2n) is 5.89. The van der Waals surface area contributed by atoms with Gasteiger partial charge in [0, 0.05) is 31.9 Å². The fourth-order valence-electron chi connectivity index (χ4n) is 3.22. The number of fused-ring (bicyclic) bond motifs is 1. The molecule has 3 heterocycles. The van der Waals surface area contributed by atoms with Crippen molar-refractivity contribution in [3.63, 3.8) is 0 Å².